The Kier molecular flexibility index (Phi) is 5.65. The number of hydrogen-bond donors (Lipinski definition) is 2. The zero-order valence-corrected chi connectivity index (χ0v) is 14.6. The molecule has 0 atom stereocenters. The molecular formula is C19H26N2O3. The first-order valence-corrected chi connectivity index (χ1v) is 8.26. The van der Waals surface area contributed by atoms with Crippen molar-refractivity contribution in [2.24, 2.45) is 0 Å². The first kappa shape index (κ1) is 18.0. The molecule has 2 amide bonds. The Balaban J connectivity index is 1.80. The number of anilines is 1. The molecule has 5 heteroatoms. The molecule has 1 aliphatic carbocycles. The fourth-order valence-electron chi connectivity index (χ4n) is 2.52. The number of amides is 2. The molecule has 0 bridgehead atoms. The molecule has 1 fully saturated rings. The number of nitrogens with one attached hydrogen (secondary N) is 2. The number of aryl methyl sites for hydroxylation is 1. The Labute approximate surface area is 143 Å². The van der Waals surface area contributed by atoms with E-state index < -0.39 is 11.7 Å². The van der Waals surface area contributed by atoms with Gasteiger partial charge in [0, 0.05) is 18.2 Å². The number of carbonyl (C=O) groups excluding carboxylic acids is 2. The maximum atomic E-state index is 11.9. The van der Waals surface area contributed by atoms with Gasteiger partial charge in [-0.2, -0.15) is 0 Å². The summed E-state index contributed by atoms with van der Waals surface area (Å²) in [6.07, 6.45) is 2.35. The molecule has 1 saturated carbocycles. The fourth-order valence-corrected chi connectivity index (χ4v) is 2.52. The van der Waals surface area contributed by atoms with Crippen LogP contribution in [0.15, 0.2) is 36.4 Å². The van der Waals surface area contributed by atoms with Gasteiger partial charge < -0.3 is 10.1 Å². The highest BCUT2D eigenvalue weighted by Gasteiger charge is 2.22. The summed E-state index contributed by atoms with van der Waals surface area (Å²) >= 11 is 0. The molecule has 130 valence electrons. The zero-order chi connectivity index (χ0) is 17.7. The molecule has 24 heavy (non-hydrogen) atoms. The van der Waals surface area contributed by atoms with Crippen LogP contribution in [0.5, 0.6) is 0 Å². The molecule has 0 saturated heterocycles. The van der Waals surface area contributed by atoms with Gasteiger partial charge in [-0.25, -0.2) is 4.79 Å². The topological polar surface area (TPSA) is 67.4 Å². The normalized spacial score (nSPS) is 14.7. The molecule has 0 aromatic heterocycles. The van der Waals surface area contributed by atoms with Gasteiger partial charge in [0.05, 0.1) is 0 Å². The van der Waals surface area contributed by atoms with Crippen LogP contribution in [-0.4, -0.2) is 23.6 Å². The van der Waals surface area contributed by atoms with Gasteiger partial charge in [0.25, 0.3) is 0 Å². The number of carbonyl (C=O) groups is 2. The van der Waals surface area contributed by atoms with Crippen molar-refractivity contribution >= 4 is 17.7 Å². The van der Waals surface area contributed by atoms with Gasteiger partial charge in [0.15, 0.2) is 0 Å². The van der Waals surface area contributed by atoms with E-state index in [1.807, 2.05) is 39.0 Å². The first-order valence-electron chi connectivity index (χ1n) is 8.26. The van der Waals surface area contributed by atoms with E-state index in [9.17, 15) is 9.59 Å². The average molecular weight is 330 g/mol. The molecule has 1 aromatic carbocycles. The third kappa shape index (κ3) is 6.07. The van der Waals surface area contributed by atoms with E-state index in [1.54, 1.807) is 6.07 Å². The SMILES string of the molecule is C=C1CC(NC(=O)CCc2cccc(NC(=O)OC(C)(C)C)c2)C1. The molecule has 0 radical (unpaired) electrons. The number of ether oxygens (including phenoxy) is 1. The fraction of sp³-hybridized carbons (Fsp3) is 0.474. The minimum atomic E-state index is -0.535. The van der Waals surface area contributed by atoms with Crippen LogP contribution in [0.1, 0.15) is 45.6 Å². The van der Waals surface area contributed by atoms with Crippen molar-refractivity contribution < 1.29 is 14.3 Å². The highest BCUT2D eigenvalue weighted by molar-refractivity contribution is 5.85. The van der Waals surface area contributed by atoms with Crippen LogP contribution in [0, 0.1) is 0 Å². The van der Waals surface area contributed by atoms with Crippen LogP contribution in [0.3, 0.4) is 0 Å². The summed E-state index contributed by atoms with van der Waals surface area (Å²) in [7, 11) is 0. The standard InChI is InChI=1S/C19H26N2O3/c1-13-10-16(11-13)20-17(22)9-8-14-6-5-7-15(12-14)21-18(23)24-19(2,3)4/h5-7,12,16H,1,8-11H2,2-4H3,(H,20,22)(H,21,23). The molecule has 0 spiro atoms. The molecule has 2 rings (SSSR count). The summed E-state index contributed by atoms with van der Waals surface area (Å²) < 4.78 is 5.23. The maximum absolute atomic E-state index is 11.9. The number of hydrogen-bond acceptors (Lipinski definition) is 3. The Morgan fingerprint density at radius 2 is 2.00 bits per heavy atom. The van der Waals surface area contributed by atoms with Crippen molar-refractivity contribution in [3.05, 3.63) is 42.0 Å². The van der Waals surface area contributed by atoms with E-state index >= 15 is 0 Å². The van der Waals surface area contributed by atoms with Crippen molar-refractivity contribution in [2.75, 3.05) is 5.32 Å². The van der Waals surface area contributed by atoms with Gasteiger partial charge in [-0.15, -0.1) is 0 Å². The largest absolute Gasteiger partial charge is 0.444 e. The quantitative estimate of drug-likeness (QED) is 0.807. The zero-order valence-electron chi connectivity index (χ0n) is 14.6. The van der Waals surface area contributed by atoms with Crippen molar-refractivity contribution in [1.29, 1.82) is 0 Å². The van der Waals surface area contributed by atoms with Crippen LogP contribution >= 0.6 is 0 Å². The second-order valence-corrected chi connectivity index (χ2v) is 7.25. The lowest BCUT2D eigenvalue weighted by molar-refractivity contribution is -0.122. The molecule has 1 aromatic rings. The molecular weight excluding hydrogens is 304 g/mol. The van der Waals surface area contributed by atoms with E-state index in [0.717, 1.165) is 18.4 Å². The third-order valence-electron chi connectivity index (χ3n) is 3.65. The van der Waals surface area contributed by atoms with E-state index in [4.69, 9.17) is 4.74 Å². The van der Waals surface area contributed by atoms with Gasteiger partial charge in [-0.05, 0) is 57.7 Å². The first-order chi connectivity index (χ1) is 11.2. The summed E-state index contributed by atoms with van der Waals surface area (Å²) in [5, 5.41) is 5.71. The lowest BCUT2D eigenvalue weighted by atomic mass is 9.88. The lowest BCUT2D eigenvalue weighted by Gasteiger charge is -2.29. The Hall–Kier alpha value is -2.30. The Morgan fingerprint density at radius 3 is 2.62 bits per heavy atom. The molecule has 0 heterocycles. The Bertz CT molecular complexity index is 624. The minimum absolute atomic E-state index is 0.0537. The summed E-state index contributed by atoms with van der Waals surface area (Å²) in [5.41, 5.74) is 2.32. The van der Waals surface area contributed by atoms with Crippen molar-refractivity contribution in [3.8, 4) is 0 Å². The van der Waals surface area contributed by atoms with Crippen molar-refractivity contribution in [1.82, 2.24) is 5.32 Å². The van der Waals surface area contributed by atoms with Crippen LogP contribution < -0.4 is 10.6 Å². The monoisotopic (exact) mass is 330 g/mol. The van der Waals surface area contributed by atoms with Gasteiger partial charge in [0.1, 0.15) is 5.60 Å². The highest BCUT2D eigenvalue weighted by atomic mass is 16.6. The number of benzene rings is 1. The van der Waals surface area contributed by atoms with Crippen LogP contribution in [-0.2, 0) is 16.0 Å². The molecule has 1 aliphatic rings. The minimum Gasteiger partial charge on any atom is -0.444 e. The molecule has 2 N–H and O–H groups in total. The predicted octanol–water partition coefficient (Wildman–Crippen LogP) is 3.80. The van der Waals surface area contributed by atoms with Gasteiger partial charge in [-0.3, -0.25) is 10.1 Å². The summed E-state index contributed by atoms with van der Waals surface area (Å²) in [5.74, 6) is 0.0537. The highest BCUT2D eigenvalue weighted by Crippen LogP contribution is 2.24. The van der Waals surface area contributed by atoms with Crippen molar-refractivity contribution in [3.63, 3.8) is 0 Å². The number of rotatable bonds is 5. The van der Waals surface area contributed by atoms with Gasteiger partial charge >= 0.3 is 6.09 Å². The third-order valence-corrected chi connectivity index (χ3v) is 3.65. The second-order valence-electron chi connectivity index (χ2n) is 7.25. The van der Waals surface area contributed by atoms with Crippen LogP contribution in [0.25, 0.3) is 0 Å². The van der Waals surface area contributed by atoms with E-state index in [2.05, 4.69) is 17.2 Å². The van der Waals surface area contributed by atoms with Crippen molar-refractivity contribution in [2.45, 2.75) is 58.1 Å². The molecule has 5 nitrogen and oxygen atoms in total. The van der Waals surface area contributed by atoms with E-state index in [1.165, 1.54) is 5.57 Å². The lowest BCUT2D eigenvalue weighted by Crippen LogP contribution is -2.40. The smallest absolute Gasteiger partial charge is 0.412 e. The Morgan fingerprint density at radius 1 is 1.29 bits per heavy atom. The maximum Gasteiger partial charge on any atom is 0.412 e. The molecule has 0 aliphatic heterocycles. The van der Waals surface area contributed by atoms with E-state index in [-0.39, 0.29) is 11.9 Å². The predicted molar refractivity (Wildman–Crippen MR) is 94.9 cm³/mol. The average Bonchev–Trinajstić information content (AvgIpc) is 2.42. The molecule has 0 unspecified atom stereocenters. The van der Waals surface area contributed by atoms with Gasteiger partial charge in [-0.1, -0.05) is 24.3 Å². The summed E-state index contributed by atoms with van der Waals surface area (Å²) in [4.78, 5) is 23.7. The van der Waals surface area contributed by atoms with Crippen LogP contribution in [0.4, 0.5) is 10.5 Å². The van der Waals surface area contributed by atoms with Gasteiger partial charge in [0.2, 0.25) is 5.91 Å². The second kappa shape index (κ2) is 7.51. The van der Waals surface area contributed by atoms with E-state index in [0.29, 0.717) is 18.5 Å². The summed E-state index contributed by atoms with van der Waals surface area (Å²) in [6, 6.07) is 7.72. The summed E-state index contributed by atoms with van der Waals surface area (Å²) in [6.45, 7) is 9.33. The van der Waals surface area contributed by atoms with Crippen LogP contribution in [0.2, 0.25) is 0 Å².